The maximum atomic E-state index is 12.5. The van der Waals surface area contributed by atoms with Crippen LogP contribution in [0.5, 0.6) is 11.5 Å². The number of thiazole rings is 1. The smallest absolute Gasteiger partial charge is 0.257 e. The molecule has 136 valence electrons. The first-order valence-electron chi connectivity index (χ1n) is 8.26. The zero-order valence-corrected chi connectivity index (χ0v) is 15.5. The van der Waals surface area contributed by atoms with Crippen molar-refractivity contribution in [2.45, 2.75) is 6.92 Å². The highest BCUT2D eigenvalue weighted by Crippen LogP contribution is 2.29. The van der Waals surface area contributed by atoms with Crippen LogP contribution in [0.2, 0.25) is 0 Å². The van der Waals surface area contributed by atoms with Crippen molar-refractivity contribution < 1.29 is 19.0 Å². The van der Waals surface area contributed by atoms with Gasteiger partial charge < -0.3 is 14.2 Å². The Balaban J connectivity index is 1.71. The Hall–Kier alpha value is -2.64. The summed E-state index contributed by atoms with van der Waals surface area (Å²) in [4.78, 5) is 16.9. The van der Waals surface area contributed by atoms with Crippen LogP contribution < -0.4 is 14.8 Å². The van der Waals surface area contributed by atoms with Gasteiger partial charge in [0.05, 0.1) is 23.4 Å². The van der Waals surface area contributed by atoms with Crippen molar-refractivity contribution in [2.75, 3.05) is 32.2 Å². The molecular formula is C19H20N2O4S. The van der Waals surface area contributed by atoms with Crippen LogP contribution in [0.15, 0.2) is 42.5 Å². The summed E-state index contributed by atoms with van der Waals surface area (Å²) in [6.45, 7) is 3.47. The minimum Gasteiger partial charge on any atom is -0.494 e. The Morgan fingerprint density at radius 3 is 2.77 bits per heavy atom. The van der Waals surface area contributed by atoms with Gasteiger partial charge in [-0.3, -0.25) is 10.1 Å². The summed E-state index contributed by atoms with van der Waals surface area (Å²) in [5.41, 5.74) is 1.33. The molecule has 0 radical (unpaired) electrons. The number of carbonyl (C=O) groups is 1. The molecule has 26 heavy (non-hydrogen) atoms. The first kappa shape index (κ1) is 18.2. The fourth-order valence-electron chi connectivity index (χ4n) is 2.35. The van der Waals surface area contributed by atoms with E-state index >= 15 is 0 Å². The van der Waals surface area contributed by atoms with Crippen LogP contribution in [-0.2, 0) is 4.74 Å². The molecule has 0 aliphatic carbocycles. The Bertz CT molecular complexity index is 894. The summed E-state index contributed by atoms with van der Waals surface area (Å²) in [6, 6.07) is 12.7. The third-order valence-corrected chi connectivity index (χ3v) is 4.48. The number of nitrogens with one attached hydrogen (secondary N) is 1. The number of methoxy groups -OCH3 is 1. The molecule has 0 unspecified atom stereocenters. The van der Waals surface area contributed by atoms with Gasteiger partial charge in [-0.25, -0.2) is 4.98 Å². The van der Waals surface area contributed by atoms with Crippen LogP contribution >= 0.6 is 11.3 Å². The normalized spacial score (nSPS) is 10.7. The predicted molar refractivity (Wildman–Crippen MR) is 103 cm³/mol. The molecule has 2 aromatic carbocycles. The van der Waals surface area contributed by atoms with E-state index in [9.17, 15) is 4.79 Å². The van der Waals surface area contributed by atoms with Crippen molar-refractivity contribution in [3.8, 4) is 11.5 Å². The minimum atomic E-state index is -0.230. The van der Waals surface area contributed by atoms with Gasteiger partial charge in [0.25, 0.3) is 5.91 Å². The summed E-state index contributed by atoms with van der Waals surface area (Å²) in [6.07, 6.45) is 0. The summed E-state index contributed by atoms with van der Waals surface area (Å²) in [7, 11) is 1.61. The van der Waals surface area contributed by atoms with Crippen molar-refractivity contribution in [3.63, 3.8) is 0 Å². The third kappa shape index (κ3) is 4.50. The number of benzene rings is 2. The van der Waals surface area contributed by atoms with Gasteiger partial charge in [-0.1, -0.05) is 17.4 Å². The second-order valence-electron chi connectivity index (χ2n) is 5.40. The molecule has 3 aromatic rings. The number of nitrogens with zero attached hydrogens (tertiary/aromatic N) is 1. The average Bonchev–Trinajstić information content (AvgIpc) is 3.04. The lowest BCUT2D eigenvalue weighted by molar-refractivity contribution is 0.102. The van der Waals surface area contributed by atoms with Crippen molar-refractivity contribution >= 4 is 32.6 Å². The molecule has 7 heteroatoms. The average molecular weight is 372 g/mol. The van der Waals surface area contributed by atoms with E-state index in [1.54, 1.807) is 31.4 Å². The van der Waals surface area contributed by atoms with Gasteiger partial charge in [-0.15, -0.1) is 0 Å². The lowest BCUT2D eigenvalue weighted by Gasteiger charge is -2.07. The molecule has 0 fully saturated rings. The van der Waals surface area contributed by atoms with E-state index in [-0.39, 0.29) is 5.91 Å². The first-order chi connectivity index (χ1) is 12.7. The van der Waals surface area contributed by atoms with Gasteiger partial charge in [0.2, 0.25) is 0 Å². The van der Waals surface area contributed by atoms with E-state index in [0.29, 0.717) is 36.3 Å². The van der Waals surface area contributed by atoms with Crippen molar-refractivity contribution in [1.29, 1.82) is 0 Å². The van der Waals surface area contributed by atoms with Crippen molar-refractivity contribution in [2.24, 2.45) is 0 Å². The molecule has 0 atom stereocenters. The number of carbonyl (C=O) groups excluding carboxylic acids is 1. The zero-order valence-electron chi connectivity index (χ0n) is 14.7. The lowest BCUT2D eigenvalue weighted by atomic mass is 10.2. The topological polar surface area (TPSA) is 69.7 Å². The number of fused-ring (bicyclic) bond motifs is 1. The number of rotatable bonds is 8. The number of amides is 1. The standard InChI is InChI=1S/C19H20N2O4S/c1-3-24-15-7-8-16-17(12-15)26-19(20-16)21-18(22)13-5-4-6-14(11-13)25-10-9-23-2/h4-8,11-12H,3,9-10H2,1-2H3,(H,20,21,22). The second-order valence-corrected chi connectivity index (χ2v) is 6.44. The third-order valence-electron chi connectivity index (χ3n) is 3.54. The quantitative estimate of drug-likeness (QED) is 0.606. The van der Waals surface area contributed by atoms with Gasteiger partial charge in [-0.2, -0.15) is 0 Å². The largest absolute Gasteiger partial charge is 0.494 e. The van der Waals surface area contributed by atoms with E-state index < -0.39 is 0 Å². The number of hydrogen-bond donors (Lipinski definition) is 1. The Labute approximate surface area is 155 Å². The molecule has 6 nitrogen and oxygen atoms in total. The first-order valence-corrected chi connectivity index (χ1v) is 9.08. The van der Waals surface area contributed by atoms with Crippen molar-refractivity contribution in [3.05, 3.63) is 48.0 Å². The van der Waals surface area contributed by atoms with E-state index in [2.05, 4.69) is 10.3 Å². The lowest BCUT2D eigenvalue weighted by Crippen LogP contribution is -2.12. The summed E-state index contributed by atoms with van der Waals surface area (Å²) >= 11 is 1.41. The monoisotopic (exact) mass is 372 g/mol. The summed E-state index contributed by atoms with van der Waals surface area (Å²) in [5.74, 6) is 1.19. The van der Waals surface area contributed by atoms with Crippen LogP contribution in [0.25, 0.3) is 10.2 Å². The molecule has 0 aliphatic heterocycles. The van der Waals surface area contributed by atoms with Gasteiger partial charge in [0.15, 0.2) is 5.13 Å². The van der Waals surface area contributed by atoms with Gasteiger partial charge in [0, 0.05) is 12.7 Å². The van der Waals surface area contributed by atoms with Crippen LogP contribution in [0.3, 0.4) is 0 Å². The maximum Gasteiger partial charge on any atom is 0.257 e. The van der Waals surface area contributed by atoms with E-state index in [0.717, 1.165) is 16.0 Å². The van der Waals surface area contributed by atoms with Gasteiger partial charge in [0.1, 0.15) is 18.1 Å². The second kappa shape index (κ2) is 8.64. The minimum absolute atomic E-state index is 0.230. The fraction of sp³-hybridized carbons (Fsp3) is 0.263. The van der Waals surface area contributed by atoms with Crippen molar-refractivity contribution in [1.82, 2.24) is 4.98 Å². The molecule has 0 bridgehead atoms. The number of ether oxygens (including phenoxy) is 3. The number of anilines is 1. The van der Waals surface area contributed by atoms with E-state index in [4.69, 9.17) is 14.2 Å². The molecule has 0 saturated heterocycles. The van der Waals surface area contributed by atoms with Crippen LogP contribution in [0.4, 0.5) is 5.13 Å². The SMILES string of the molecule is CCOc1ccc2nc(NC(=O)c3cccc(OCCOC)c3)sc2c1. The molecule has 0 aliphatic rings. The molecule has 1 heterocycles. The highest BCUT2D eigenvalue weighted by atomic mass is 32.1. The molecule has 3 rings (SSSR count). The molecule has 0 saturated carbocycles. The van der Waals surface area contributed by atoms with Crippen LogP contribution in [0, 0.1) is 0 Å². The van der Waals surface area contributed by atoms with Gasteiger partial charge >= 0.3 is 0 Å². The van der Waals surface area contributed by atoms with E-state index in [1.807, 2.05) is 25.1 Å². The highest BCUT2D eigenvalue weighted by molar-refractivity contribution is 7.22. The fourth-order valence-corrected chi connectivity index (χ4v) is 3.24. The Kier molecular flexibility index (Phi) is 6.04. The molecule has 1 aromatic heterocycles. The summed E-state index contributed by atoms with van der Waals surface area (Å²) < 4.78 is 16.9. The number of aromatic nitrogens is 1. The van der Waals surface area contributed by atoms with Crippen LogP contribution in [-0.4, -0.2) is 37.8 Å². The van der Waals surface area contributed by atoms with Gasteiger partial charge in [-0.05, 0) is 43.3 Å². The highest BCUT2D eigenvalue weighted by Gasteiger charge is 2.11. The molecular weight excluding hydrogens is 352 g/mol. The summed E-state index contributed by atoms with van der Waals surface area (Å²) in [5, 5.41) is 3.39. The zero-order chi connectivity index (χ0) is 18.4. The number of hydrogen-bond acceptors (Lipinski definition) is 6. The molecule has 0 spiro atoms. The predicted octanol–water partition coefficient (Wildman–Crippen LogP) is 3.97. The Morgan fingerprint density at radius 1 is 1.12 bits per heavy atom. The Morgan fingerprint density at radius 2 is 1.96 bits per heavy atom. The molecule has 1 amide bonds. The van der Waals surface area contributed by atoms with E-state index in [1.165, 1.54) is 11.3 Å². The van der Waals surface area contributed by atoms with Crippen LogP contribution in [0.1, 0.15) is 17.3 Å². The maximum absolute atomic E-state index is 12.5. The molecule has 1 N–H and O–H groups in total.